The second kappa shape index (κ2) is 11.9. The maximum Gasteiger partial charge on any atom is 0.255 e. The highest BCUT2D eigenvalue weighted by Gasteiger charge is 2.26. The number of hydrogen-bond donors (Lipinski definition) is 3. The highest BCUT2D eigenvalue weighted by molar-refractivity contribution is 6.36. The van der Waals surface area contributed by atoms with Gasteiger partial charge in [-0.25, -0.2) is 9.50 Å². The molecule has 1 aromatic carbocycles. The van der Waals surface area contributed by atoms with Gasteiger partial charge in [0.05, 0.1) is 10.6 Å². The van der Waals surface area contributed by atoms with Crippen molar-refractivity contribution in [3.63, 3.8) is 0 Å². The van der Waals surface area contributed by atoms with Crippen LogP contribution in [-0.2, 0) is 0 Å². The number of terminal acetylenes is 1. The van der Waals surface area contributed by atoms with Gasteiger partial charge in [0, 0.05) is 48.8 Å². The van der Waals surface area contributed by atoms with Crippen molar-refractivity contribution in [2.75, 3.05) is 18.0 Å². The van der Waals surface area contributed by atoms with Crippen LogP contribution in [0.15, 0.2) is 65.8 Å². The Kier molecular flexibility index (Phi) is 8.73. The minimum atomic E-state index is -0.406. The summed E-state index contributed by atoms with van der Waals surface area (Å²) in [6, 6.07) is 11.5. The average molecular weight is 513 g/mol. The summed E-state index contributed by atoms with van der Waals surface area (Å²) < 4.78 is 1.72. The number of phenols is 1. The van der Waals surface area contributed by atoms with Crippen LogP contribution >= 0.6 is 23.2 Å². The van der Waals surface area contributed by atoms with E-state index >= 15 is 0 Å². The smallest absolute Gasteiger partial charge is 0.255 e. The molecule has 1 aliphatic rings. The zero-order chi connectivity index (χ0) is 25.4. The van der Waals surface area contributed by atoms with E-state index in [1.54, 1.807) is 35.2 Å². The van der Waals surface area contributed by atoms with E-state index < -0.39 is 5.91 Å². The molecule has 1 atom stereocenters. The van der Waals surface area contributed by atoms with Gasteiger partial charge in [-0.2, -0.15) is 0 Å². The second-order valence-electron chi connectivity index (χ2n) is 7.34. The van der Waals surface area contributed by atoms with Gasteiger partial charge in [-0.1, -0.05) is 29.3 Å². The number of imidazole rings is 1. The summed E-state index contributed by atoms with van der Waals surface area (Å²) >= 11 is 11.8. The SMILES string of the molecule is C#C.O=C(N[C@H]1CCN(c2ccc3nccn3n2)C1)c1cc(Cl)cc(Cl)c1O.O=c1cccc[nH]1. The molecule has 4 aromatic rings. The number of hydrogen-bond acceptors (Lipinski definition) is 6. The zero-order valence-corrected chi connectivity index (χ0v) is 19.9. The van der Waals surface area contributed by atoms with Gasteiger partial charge >= 0.3 is 0 Å². The highest BCUT2D eigenvalue weighted by atomic mass is 35.5. The Morgan fingerprint density at radius 1 is 1.20 bits per heavy atom. The van der Waals surface area contributed by atoms with Crippen molar-refractivity contribution in [2.24, 2.45) is 0 Å². The fraction of sp³-hybridized carbons (Fsp3) is 0.167. The normalized spacial score (nSPS) is 14.4. The molecule has 3 N–H and O–H groups in total. The number of halogens is 2. The molecule has 0 aliphatic carbocycles. The predicted molar refractivity (Wildman–Crippen MR) is 136 cm³/mol. The first kappa shape index (κ1) is 25.6. The van der Waals surface area contributed by atoms with Gasteiger partial charge in [0.25, 0.3) is 5.91 Å². The Balaban J connectivity index is 0.000000324. The van der Waals surface area contributed by atoms with Gasteiger partial charge in [0.2, 0.25) is 5.56 Å². The van der Waals surface area contributed by atoms with Crippen molar-refractivity contribution in [3.05, 3.63) is 87.0 Å². The second-order valence-corrected chi connectivity index (χ2v) is 8.18. The van der Waals surface area contributed by atoms with E-state index in [4.69, 9.17) is 23.2 Å². The van der Waals surface area contributed by atoms with Crippen LogP contribution in [0.5, 0.6) is 5.75 Å². The summed E-state index contributed by atoms with van der Waals surface area (Å²) in [5.74, 6) is 0.147. The van der Waals surface area contributed by atoms with E-state index in [0.717, 1.165) is 24.4 Å². The van der Waals surface area contributed by atoms with Crippen molar-refractivity contribution in [1.29, 1.82) is 0 Å². The van der Waals surface area contributed by atoms with Crippen molar-refractivity contribution >= 4 is 40.6 Å². The van der Waals surface area contributed by atoms with Crippen LogP contribution in [0, 0.1) is 12.8 Å². The fourth-order valence-corrected chi connectivity index (χ4v) is 3.93. The van der Waals surface area contributed by atoms with Crippen LogP contribution < -0.4 is 15.8 Å². The van der Waals surface area contributed by atoms with Gasteiger partial charge in [-0.15, -0.1) is 17.9 Å². The van der Waals surface area contributed by atoms with Gasteiger partial charge in [0.1, 0.15) is 11.6 Å². The first-order valence-electron chi connectivity index (χ1n) is 10.4. The molecule has 11 heteroatoms. The molecule has 4 heterocycles. The molecule has 0 radical (unpaired) electrons. The lowest BCUT2D eigenvalue weighted by Gasteiger charge is -2.18. The van der Waals surface area contributed by atoms with Crippen LogP contribution in [0.3, 0.4) is 0 Å². The minimum Gasteiger partial charge on any atom is -0.506 e. The molecule has 1 fully saturated rings. The van der Waals surface area contributed by atoms with E-state index in [1.807, 2.05) is 12.1 Å². The van der Waals surface area contributed by atoms with Crippen molar-refractivity contribution in [2.45, 2.75) is 12.5 Å². The highest BCUT2D eigenvalue weighted by Crippen LogP contribution is 2.31. The number of nitrogens with one attached hydrogen (secondary N) is 2. The molecule has 0 saturated carbocycles. The third-order valence-corrected chi connectivity index (χ3v) is 5.55. The summed E-state index contributed by atoms with van der Waals surface area (Å²) in [6.45, 7) is 1.38. The van der Waals surface area contributed by atoms with Crippen molar-refractivity contribution < 1.29 is 9.90 Å². The third-order valence-electron chi connectivity index (χ3n) is 5.04. The first-order chi connectivity index (χ1) is 16.9. The monoisotopic (exact) mass is 512 g/mol. The molecule has 5 rings (SSSR count). The van der Waals surface area contributed by atoms with E-state index in [1.165, 1.54) is 18.2 Å². The number of anilines is 1. The quantitative estimate of drug-likeness (QED) is 0.362. The molecular weight excluding hydrogens is 491 g/mol. The Labute approximate surface area is 211 Å². The Morgan fingerprint density at radius 2 is 2.00 bits per heavy atom. The average Bonchev–Trinajstić information content (AvgIpc) is 3.52. The number of carbonyl (C=O) groups excluding carboxylic acids is 1. The number of phenolic OH excluding ortho intramolecular Hbond substituents is 1. The lowest BCUT2D eigenvalue weighted by Crippen LogP contribution is -2.37. The number of fused-ring (bicyclic) bond motifs is 1. The largest absolute Gasteiger partial charge is 0.506 e. The molecular formula is C24H22Cl2N6O3. The van der Waals surface area contributed by atoms with E-state index in [9.17, 15) is 14.7 Å². The standard InChI is InChI=1S/C17H15Cl2N5O2.C5H5NO.C2H2/c18-10-7-12(16(25)13(19)8-10)17(26)21-11-3-5-23(9-11)15-2-1-14-20-4-6-24(14)22-15;7-5-3-1-2-4-6-5;1-2/h1-2,4,6-8,11,25H,3,5,9H2,(H,21,26);1-4H,(H,6,7);1-2H/t11-;;/m0../s1. The summed E-state index contributed by atoms with van der Waals surface area (Å²) in [6.07, 6.45) is 13.9. The molecule has 1 amide bonds. The molecule has 1 aliphatic heterocycles. The number of H-pyrrole nitrogens is 1. The molecule has 35 heavy (non-hydrogen) atoms. The summed E-state index contributed by atoms with van der Waals surface area (Å²) in [7, 11) is 0. The summed E-state index contributed by atoms with van der Waals surface area (Å²) in [5, 5.41) is 17.8. The van der Waals surface area contributed by atoms with E-state index in [2.05, 4.69) is 38.1 Å². The number of rotatable bonds is 3. The van der Waals surface area contributed by atoms with Crippen LogP contribution in [0.25, 0.3) is 5.65 Å². The third kappa shape index (κ3) is 6.53. The molecule has 9 nitrogen and oxygen atoms in total. The maximum absolute atomic E-state index is 12.5. The number of aromatic hydroxyl groups is 1. The fourth-order valence-electron chi connectivity index (χ4n) is 3.44. The minimum absolute atomic E-state index is 0.0496. The predicted octanol–water partition coefficient (Wildman–Crippen LogP) is 3.37. The van der Waals surface area contributed by atoms with Crippen molar-refractivity contribution in [3.8, 4) is 18.6 Å². The molecule has 180 valence electrons. The molecule has 0 spiro atoms. The van der Waals surface area contributed by atoms with Crippen molar-refractivity contribution in [1.82, 2.24) is 24.9 Å². The maximum atomic E-state index is 12.5. The Morgan fingerprint density at radius 3 is 2.69 bits per heavy atom. The first-order valence-corrected chi connectivity index (χ1v) is 11.2. The number of aromatic nitrogens is 4. The van der Waals surface area contributed by atoms with E-state index in [0.29, 0.717) is 11.6 Å². The van der Waals surface area contributed by atoms with Crippen LogP contribution in [0.4, 0.5) is 5.82 Å². The van der Waals surface area contributed by atoms with Gasteiger partial charge in [-0.05, 0) is 36.8 Å². The summed E-state index contributed by atoms with van der Waals surface area (Å²) in [5.41, 5.74) is 0.799. The number of benzene rings is 1. The van der Waals surface area contributed by atoms with Crippen LogP contribution in [-0.4, -0.2) is 49.7 Å². The number of aromatic amines is 1. The number of amides is 1. The topological polar surface area (TPSA) is 116 Å². The molecule has 0 unspecified atom stereocenters. The lowest BCUT2D eigenvalue weighted by atomic mass is 10.1. The summed E-state index contributed by atoms with van der Waals surface area (Å²) in [4.78, 5) is 31.4. The number of pyridine rings is 1. The van der Waals surface area contributed by atoms with Gasteiger partial charge < -0.3 is 20.3 Å². The van der Waals surface area contributed by atoms with E-state index in [-0.39, 0.29) is 27.9 Å². The Bertz CT molecular complexity index is 1370. The van der Waals surface area contributed by atoms with Crippen LogP contribution in [0.2, 0.25) is 10.0 Å². The number of carbonyl (C=O) groups is 1. The lowest BCUT2D eigenvalue weighted by molar-refractivity contribution is 0.0937. The van der Waals surface area contributed by atoms with Gasteiger partial charge in [0.15, 0.2) is 5.65 Å². The Hall–Kier alpha value is -4.00. The zero-order valence-electron chi connectivity index (χ0n) is 18.4. The number of nitrogens with zero attached hydrogens (tertiary/aromatic N) is 4. The van der Waals surface area contributed by atoms with Crippen LogP contribution in [0.1, 0.15) is 16.8 Å². The molecule has 1 saturated heterocycles. The molecule has 3 aromatic heterocycles. The van der Waals surface area contributed by atoms with Gasteiger partial charge in [-0.3, -0.25) is 9.59 Å². The molecule has 0 bridgehead atoms.